The fraction of sp³-hybridized carbons (Fsp3) is 0.333. The van der Waals surface area contributed by atoms with E-state index in [0.29, 0.717) is 32.8 Å². The molecule has 0 amide bonds. The van der Waals surface area contributed by atoms with E-state index >= 15 is 0 Å². The normalized spacial score (nSPS) is 15.5. The van der Waals surface area contributed by atoms with Crippen LogP contribution in [0.4, 0.5) is 11.4 Å². The third-order valence-corrected chi connectivity index (χ3v) is 6.34. The van der Waals surface area contributed by atoms with E-state index in [1.54, 1.807) is 0 Å². The summed E-state index contributed by atoms with van der Waals surface area (Å²) in [5.74, 6) is 0.784. The summed E-state index contributed by atoms with van der Waals surface area (Å²) in [5.41, 5.74) is 0.818. The SMILES string of the molecule is CCOc1ccccc1N1CCN(S(=O)(=O)c2ccc([N+](=O)[O-])cc2)CC1. The lowest BCUT2D eigenvalue weighted by molar-refractivity contribution is -0.384. The highest BCUT2D eigenvalue weighted by Gasteiger charge is 2.29. The van der Waals surface area contributed by atoms with Gasteiger partial charge in [-0.1, -0.05) is 12.1 Å². The van der Waals surface area contributed by atoms with Gasteiger partial charge in [-0.15, -0.1) is 0 Å². The number of ether oxygens (including phenoxy) is 1. The summed E-state index contributed by atoms with van der Waals surface area (Å²) in [6.45, 7) is 4.23. The first-order valence-corrected chi connectivity index (χ1v) is 10.1. The first-order chi connectivity index (χ1) is 12.9. The van der Waals surface area contributed by atoms with E-state index in [1.165, 1.54) is 28.6 Å². The van der Waals surface area contributed by atoms with Crippen molar-refractivity contribution in [3.05, 3.63) is 58.6 Å². The smallest absolute Gasteiger partial charge is 0.269 e. The van der Waals surface area contributed by atoms with Crippen molar-refractivity contribution in [3.8, 4) is 5.75 Å². The lowest BCUT2D eigenvalue weighted by Gasteiger charge is -2.36. The maximum atomic E-state index is 12.8. The molecule has 1 saturated heterocycles. The molecule has 9 heteroatoms. The lowest BCUT2D eigenvalue weighted by atomic mass is 10.2. The summed E-state index contributed by atoms with van der Waals surface area (Å²) in [6, 6.07) is 12.7. The number of nitrogens with zero attached hydrogens (tertiary/aromatic N) is 3. The number of rotatable bonds is 6. The zero-order chi connectivity index (χ0) is 19.4. The minimum atomic E-state index is -3.68. The average Bonchev–Trinajstić information content (AvgIpc) is 2.69. The van der Waals surface area contributed by atoms with Crippen LogP contribution in [0.25, 0.3) is 0 Å². The molecule has 0 aliphatic carbocycles. The molecule has 0 bridgehead atoms. The Kier molecular flexibility index (Phi) is 5.62. The molecule has 0 saturated carbocycles. The second-order valence-corrected chi connectivity index (χ2v) is 7.98. The van der Waals surface area contributed by atoms with Crippen LogP contribution in [-0.4, -0.2) is 50.4 Å². The van der Waals surface area contributed by atoms with E-state index in [1.807, 2.05) is 31.2 Å². The van der Waals surface area contributed by atoms with Gasteiger partial charge in [-0.25, -0.2) is 8.42 Å². The maximum Gasteiger partial charge on any atom is 0.269 e. The van der Waals surface area contributed by atoms with Crippen molar-refractivity contribution < 1.29 is 18.1 Å². The first kappa shape index (κ1) is 19.1. The minimum absolute atomic E-state index is 0.0660. The Hall–Kier alpha value is -2.65. The molecule has 3 rings (SSSR count). The standard InChI is InChI=1S/C18H21N3O5S/c1-2-26-18-6-4-3-5-17(18)19-11-13-20(14-12-19)27(24,25)16-9-7-15(8-10-16)21(22)23/h3-10H,2,11-14H2,1H3. The van der Waals surface area contributed by atoms with Gasteiger partial charge in [-0.2, -0.15) is 4.31 Å². The predicted molar refractivity (Wildman–Crippen MR) is 102 cm³/mol. The Morgan fingerprint density at radius 1 is 1.04 bits per heavy atom. The average molecular weight is 391 g/mol. The molecule has 0 aromatic heterocycles. The summed E-state index contributed by atoms with van der Waals surface area (Å²) in [6.07, 6.45) is 0. The summed E-state index contributed by atoms with van der Waals surface area (Å²) in [4.78, 5) is 12.4. The van der Waals surface area contributed by atoms with Crippen molar-refractivity contribution in [1.82, 2.24) is 4.31 Å². The molecule has 0 atom stereocenters. The van der Waals surface area contributed by atoms with Gasteiger partial charge in [-0.05, 0) is 31.2 Å². The topological polar surface area (TPSA) is 93.0 Å². The Labute approximate surface area is 158 Å². The lowest BCUT2D eigenvalue weighted by Crippen LogP contribution is -2.48. The number of hydrogen-bond donors (Lipinski definition) is 0. The molecule has 0 spiro atoms. The Balaban J connectivity index is 1.72. The molecular weight excluding hydrogens is 370 g/mol. The largest absolute Gasteiger partial charge is 0.492 e. The number of benzene rings is 2. The van der Waals surface area contributed by atoms with Gasteiger partial charge in [0.25, 0.3) is 5.69 Å². The summed E-state index contributed by atoms with van der Waals surface area (Å²) in [5, 5.41) is 10.7. The van der Waals surface area contributed by atoms with Gasteiger partial charge in [0.05, 0.1) is 22.1 Å². The van der Waals surface area contributed by atoms with Gasteiger partial charge in [0.15, 0.2) is 0 Å². The predicted octanol–water partition coefficient (Wildman–Crippen LogP) is 2.50. The van der Waals surface area contributed by atoms with Crippen LogP contribution in [0.3, 0.4) is 0 Å². The van der Waals surface area contributed by atoms with E-state index in [2.05, 4.69) is 4.90 Å². The Bertz CT molecular complexity index is 907. The Morgan fingerprint density at radius 3 is 2.26 bits per heavy atom. The van der Waals surface area contributed by atoms with E-state index in [4.69, 9.17) is 4.74 Å². The molecule has 2 aromatic rings. The molecule has 1 aliphatic rings. The van der Waals surface area contributed by atoms with Gasteiger partial charge < -0.3 is 9.64 Å². The van der Waals surface area contributed by atoms with Crippen LogP contribution in [0.5, 0.6) is 5.75 Å². The van der Waals surface area contributed by atoms with E-state index in [0.717, 1.165) is 11.4 Å². The summed E-state index contributed by atoms with van der Waals surface area (Å²) >= 11 is 0. The molecule has 1 aliphatic heterocycles. The summed E-state index contributed by atoms with van der Waals surface area (Å²) < 4.78 is 32.7. The molecule has 1 heterocycles. The molecular formula is C18H21N3O5S. The molecule has 0 N–H and O–H groups in total. The quantitative estimate of drug-likeness (QED) is 0.555. The highest BCUT2D eigenvalue weighted by Crippen LogP contribution is 2.30. The third-order valence-electron chi connectivity index (χ3n) is 4.43. The number of sulfonamides is 1. The van der Waals surface area contributed by atoms with Gasteiger partial charge in [0.2, 0.25) is 10.0 Å². The van der Waals surface area contributed by atoms with Crippen molar-refractivity contribution in [3.63, 3.8) is 0 Å². The molecule has 0 radical (unpaired) electrons. The number of nitro groups is 1. The highest BCUT2D eigenvalue weighted by molar-refractivity contribution is 7.89. The van der Waals surface area contributed by atoms with E-state index in [9.17, 15) is 18.5 Å². The molecule has 1 fully saturated rings. The molecule has 144 valence electrons. The van der Waals surface area contributed by atoms with Crippen molar-refractivity contribution in [2.45, 2.75) is 11.8 Å². The zero-order valence-corrected chi connectivity index (χ0v) is 15.8. The number of piperazine rings is 1. The maximum absolute atomic E-state index is 12.8. The van der Waals surface area contributed by atoms with Crippen LogP contribution in [0.1, 0.15) is 6.92 Å². The van der Waals surface area contributed by atoms with Crippen molar-refractivity contribution in [2.24, 2.45) is 0 Å². The molecule has 0 unspecified atom stereocenters. The monoisotopic (exact) mass is 391 g/mol. The van der Waals surface area contributed by atoms with Crippen LogP contribution in [0.15, 0.2) is 53.4 Å². The van der Waals surface area contributed by atoms with Crippen molar-refractivity contribution >= 4 is 21.4 Å². The zero-order valence-electron chi connectivity index (χ0n) is 14.9. The van der Waals surface area contributed by atoms with Crippen molar-refractivity contribution in [2.75, 3.05) is 37.7 Å². The highest BCUT2D eigenvalue weighted by atomic mass is 32.2. The second kappa shape index (κ2) is 7.93. The fourth-order valence-electron chi connectivity index (χ4n) is 3.05. The van der Waals surface area contributed by atoms with Crippen LogP contribution in [-0.2, 0) is 10.0 Å². The van der Waals surface area contributed by atoms with Crippen LogP contribution < -0.4 is 9.64 Å². The Morgan fingerprint density at radius 2 is 1.67 bits per heavy atom. The van der Waals surface area contributed by atoms with E-state index < -0.39 is 14.9 Å². The molecule has 2 aromatic carbocycles. The van der Waals surface area contributed by atoms with Gasteiger partial charge in [0.1, 0.15) is 5.75 Å². The molecule has 27 heavy (non-hydrogen) atoms. The number of para-hydroxylation sites is 2. The number of nitro benzene ring substituents is 1. The summed E-state index contributed by atoms with van der Waals surface area (Å²) in [7, 11) is -3.68. The number of non-ortho nitro benzene ring substituents is 1. The van der Waals surface area contributed by atoms with Crippen LogP contribution in [0.2, 0.25) is 0 Å². The van der Waals surface area contributed by atoms with Crippen LogP contribution in [0, 0.1) is 10.1 Å². The van der Waals surface area contributed by atoms with Gasteiger partial charge in [0, 0.05) is 38.3 Å². The van der Waals surface area contributed by atoms with Crippen LogP contribution >= 0.6 is 0 Å². The molecule has 8 nitrogen and oxygen atoms in total. The minimum Gasteiger partial charge on any atom is -0.492 e. The van der Waals surface area contributed by atoms with Gasteiger partial charge in [-0.3, -0.25) is 10.1 Å². The third kappa shape index (κ3) is 4.04. The second-order valence-electron chi connectivity index (χ2n) is 6.04. The fourth-order valence-corrected chi connectivity index (χ4v) is 4.48. The number of anilines is 1. The van der Waals surface area contributed by atoms with Gasteiger partial charge >= 0.3 is 0 Å². The first-order valence-electron chi connectivity index (χ1n) is 8.65. The van der Waals surface area contributed by atoms with Crippen molar-refractivity contribution in [1.29, 1.82) is 0 Å². The van der Waals surface area contributed by atoms with E-state index in [-0.39, 0.29) is 10.6 Å². The number of hydrogen-bond acceptors (Lipinski definition) is 6.